The molecule has 0 fully saturated rings. The van der Waals surface area contributed by atoms with Gasteiger partial charge < -0.3 is 11.1 Å². The van der Waals surface area contributed by atoms with Gasteiger partial charge in [-0.15, -0.1) is 0 Å². The lowest BCUT2D eigenvalue weighted by Crippen LogP contribution is -2.43. The van der Waals surface area contributed by atoms with Crippen LogP contribution in [0.25, 0.3) is 0 Å². The summed E-state index contributed by atoms with van der Waals surface area (Å²) in [6.07, 6.45) is -10.4. The van der Waals surface area contributed by atoms with Crippen LogP contribution in [-0.2, 0) is 0 Å². The molecule has 0 saturated heterocycles. The average molecular weight is 246 g/mol. The first kappa shape index (κ1) is 13.0. The van der Waals surface area contributed by atoms with Crippen LogP contribution >= 0.6 is 0 Å². The molecule has 0 aromatic rings. The number of nitrogens with two attached hydrogens (primary N) is 1. The molecule has 0 bridgehead atoms. The third-order valence-electron chi connectivity index (χ3n) is 2.26. The highest BCUT2D eigenvalue weighted by Gasteiger charge is 2.48. The van der Waals surface area contributed by atoms with E-state index in [1.807, 2.05) is 0 Å². The summed E-state index contributed by atoms with van der Waals surface area (Å²) in [5.41, 5.74) is 2.51. The van der Waals surface area contributed by atoms with Gasteiger partial charge in [-0.2, -0.15) is 26.3 Å². The van der Waals surface area contributed by atoms with E-state index in [4.69, 9.17) is 11.1 Å². The Morgan fingerprint density at radius 3 is 2.06 bits per heavy atom. The molecule has 0 radical (unpaired) electrons. The van der Waals surface area contributed by atoms with Gasteiger partial charge in [0.05, 0.1) is 17.2 Å². The first-order valence-corrected chi connectivity index (χ1v) is 4.23. The molecule has 2 atom stereocenters. The quantitative estimate of drug-likeness (QED) is 0.633. The van der Waals surface area contributed by atoms with E-state index in [9.17, 15) is 26.3 Å². The van der Waals surface area contributed by atoms with Gasteiger partial charge in [-0.05, 0) is 6.42 Å². The number of allylic oxidation sites excluding steroid dienone is 1. The Balaban J connectivity index is 3.13. The van der Waals surface area contributed by atoms with Gasteiger partial charge in [-0.3, -0.25) is 0 Å². The molecule has 1 aliphatic carbocycles. The lowest BCUT2D eigenvalue weighted by atomic mass is 9.85. The Morgan fingerprint density at radius 2 is 1.69 bits per heavy atom. The van der Waals surface area contributed by atoms with Crippen LogP contribution in [0.15, 0.2) is 11.6 Å². The predicted molar refractivity (Wildman–Crippen MR) is 44.0 cm³/mol. The van der Waals surface area contributed by atoms with Crippen molar-refractivity contribution in [3.8, 4) is 0 Å². The fourth-order valence-electron chi connectivity index (χ4n) is 1.43. The van der Waals surface area contributed by atoms with Crippen LogP contribution in [0.2, 0.25) is 0 Å². The molecule has 2 nitrogen and oxygen atoms in total. The maximum Gasteiger partial charge on any atom is 0.417 e. The van der Waals surface area contributed by atoms with Crippen molar-refractivity contribution in [1.82, 2.24) is 0 Å². The normalized spacial score (nSPS) is 27.9. The average Bonchev–Trinajstić information content (AvgIpc) is 2.05. The fraction of sp³-hybridized carbons (Fsp3) is 0.625. The Morgan fingerprint density at radius 1 is 1.19 bits per heavy atom. The van der Waals surface area contributed by atoms with E-state index in [-0.39, 0.29) is 6.08 Å². The molecule has 92 valence electrons. The minimum Gasteiger partial charge on any atom is -0.323 e. The van der Waals surface area contributed by atoms with Crippen molar-refractivity contribution in [1.29, 1.82) is 5.41 Å². The zero-order chi connectivity index (χ0) is 12.7. The standard InChI is InChI=1S/C8H8F6N2/c9-7(10,11)3-1-4(8(12,13)14)6(16)5(15)2-3/h1,3,5,16H,2,15H2. The molecule has 0 spiro atoms. The first-order valence-electron chi connectivity index (χ1n) is 4.23. The maximum absolute atomic E-state index is 12.3. The van der Waals surface area contributed by atoms with Crippen LogP contribution in [0.4, 0.5) is 26.3 Å². The molecule has 2 unspecified atom stereocenters. The number of hydrogen-bond donors (Lipinski definition) is 2. The maximum atomic E-state index is 12.3. The molecule has 0 aromatic carbocycles. The zero-order valence-electron chi connectivity index (χ0n) is 7.78. The van der Waals surface area contributed by atoms with Gasteiger partial charge in [0, 0.05) is 6.04 Å². The van der Waals surface area contributed by atoms with Crippen molar-refractivity contribution in [3.05, 3.63) is 11.6 Å². The van der Waals surface area contributed by atoms with Crippen molar-refractivity contribution in [2.75, 3.05) is 0 Å². The summed E-state index contributed by atoms with van der Waals surface area (Å²) in [4.78, 5) is 0. The number of hydrogen-bond acceptors (Lipinski definition) is 2. The van der Waals surface area contributed by atoms with Gasteiger partial charge >= 0.3 is 12.4 Å². The van der Waals surface area contributed by atoms with E-state index in [1.165, 1.54) is 0 Å². The highest BCUT2D eigenvalue weighted by molar-refractivity contribution is 6.03. The van der Waals surface area contributed by atoms with Crippen LogP contribution < -0.4 is 5.73 Å². The van der Waals surface area contributed by atoms with Gasteiger partial charge in [0.2, 0.25) is 0 Å². The highest BCUT2D eigenvalue weighted by Crippen LogP contribution is 2.39. The largest absolute Gasteiger partial charge is 0.417 e. The first-order chi connectivity index (χ1) is 7.03. The van der Waals surface area contributed by atoms with Crippen molar-refractivity contribution in [2.24, 2.45) is 11.7 Å². The van der Waals surface area contributed by atoms with Crippen LogP contribution in [-0.4, -0.2) is 24.1 Å². The molecular formula is C8H8F6N2. The molecule has 3 N–H and O–H groups in total. The topological polar surface area (TPSA) is 49.9 Å². The van der Waals surface area contributed by atoms with Crippen LogP contribution in [0.5, 0.6) is 0 Å². The monoisotopic (exact) mass is 246 g/mol. The molecule has 0 aliphatic heterocycles. The summed E-state index contributed by atoms with van der Waals surface area (Å²) >= 11 is 0. The van der Waals surface area contributed by atoms with Gasteiger partial charge in [0.1, 0.15) is 0 Å². The summed E-state index contributed by atoms with van der Waals surface area (Å²) < 4.78 is 73.7. The SMILES string of the molecule is N=C1C(C(F)(F)F)=CC(C(F)(F)F)CC1N. The highest BCUT2D eigenvalue weighted by atomic mass is 19.4. The lowest BCUT2D eigenvalue weighted by Gasteiger charge is -2.29. The molecule has 0 aromatic heterocycles. The van der Waals surface area contributed by atoms with Gasteiger partial charge in [-0.25, -0.2) is 0 Å². The number of alkyl halides is 6. The molecular weight excluding hydrogens is 238 g/mol. The molecule has 0 heterocycles. The summed E-state index contributed by atoms with van der Waals surface area (Å²) in [6, 6.07) is -1.53. The van der Waals surface area contributed by atoms with Gasteiger partial charge in [0.15, 0.2) is 0 Å². The minimum absolute atomic E-state index is 0.0334. The van der Waals surface area contributed by atoms with E-state index < -0.39 is 42.0 Å². The summed E-state index contributed by atoms with van der Waals surface area (Å²) in [5, 5.41) is 7.02. The van der Waals surface area contributed by atoms with E-state index in [2.05, 4.69) is 0 Å². The third-order valence-corrected chi connectivity index (χ3v) is 2.26. The van der Waals surface area contributed by atoms with Crippen molar-refractivity contribution in [2.45, 2.75) is 24.8 Å². The van der Waals surface area contributed by atoms with Crippen molar-refractivity contribution in [3.63, 3.8) is 0 Å². The smallest absolute Gasteiger partial charge is 0.323 e. The molecule has 16 heavy (non-hydrogen) atoms. The Hall–Kier alpha value is -1.05. The van der Waals surface area contributed by atoms with Crippen LogP contribution in [0, 0.1) is 11.3 Å². The minimum atomic E-state index is -4.97. The van der Waals surface area contributed by atoms with Gasteiger partial charge in [0.25, 0.3) is 0 Å². The number of halogens is 6. The van der Waals surface area contributed by atoms with Crippen molar-refractivity contribution < 1.29 is 26.3 Å². The number of nitrogens with one attached hydrogen (secondary N) is 1. The Labute approximate surface area is 86.6 Å². The lowest BCUT2D eigenvalue weighted by molar-refractivity contribution is -0.164. The molecule has 0 saturated carbocycles. The second-order valence-electron chi connectivity index (χ2n) is 3.48. The van der Waals surface area contributed by atoms with Crippen molar-refractivity contribution >= 4 is 5.71 Å². The predicted octanol–water partition coefficient (Wildman–Crippen LogP) is 2.40. The van der Waals surface area contributed by atoms with E-state index in [1.54, 1.807) is 0 Å². The van der Waals surface area contributed by atoms with Crippen LogP contribution in [0.3, 0.4) is 0 Å². The summed E-state index contributed by atoms with van der Waals surface area (Å²) in [5.74, 6) is -2.24. The van der Waals surface area contributed by atoms with E-state index >= 15 is 0 Å². The van der Waals surface area contributed by atoms with Crippen LogP contribution in [0.1, 0.15) is 6.42 Å². The summed E-state index contributed by atoms with van der Waals surface area (Å²) in [6.45, 7) is 0. The van der Waals surface area contributed by atoms with Gasteiger partial charge in [-0.1, -0.05) is 6.08 Å². The second kappa shape index (κ2) is 3.76. The Kier molecular flexibility index (Phi) is 3.06. The Bertz CT molecular complexity index is 326. The third kappa shape index (κ3) is 2.55. The van der Waals surface area contributed by atoms with E-state index in [0.29, 0.717) is 0 Å². The molecule has 0 amide bonds. The van der Waals surface area contributed by atoms with E-state index in [0.717, 1.165) is 0 Å². The molecule has 1 aliphatic rings. The zero-order valence-corrected chi connectivity index (χ0v) is 7.78. The number of rotatable bonds is 0. The fourth-order valence-corrected chi connectivity index (χ4v) is 1.43. The summed E-state index contributed by atoms with van der Waals surface area (Å²) in [7, 11) is 0. The molecule has 8 heteroatoms. The molecule has 1 rings (SSSR count). The second-order valence-corrected chi connectivity index (χ2v) is 3.48.